The second-order valence-corrected chi connectivity index (χ2v) is 4.66. The summed E-state index contributed by atoms with van der Waals surface area (Å²) in [7, 11) is 3.88. The van der Waals surface area contributed by atoms with Gasteiger partial charge in [-0.25, -0.2) is 4.98 Å². The van der Waals surface area contributed by atoms with Crippen molar-refractivity contribution in [3.8, 4) is 11.5 Å². The molecule has 0 saturated carbocycles. The Bertz CT molecular complexity index is 762. The Morgan fingerprint density at radius 3 is 2.70 bits per heavy atom. The van der Waals surface area contributed by atoms with Crippen molar-refractivity contribution in [2.24, 2.45) is 0 Å². The monoisotopic (exact) mass is 266 g/mol. The van der Waals surface area contributed by atoms with Gasteiger partial charge in [0.1, 0.15) is 11.4 Å². The van der Waals surface area contributed by atoms with Crippen molar-refractivity contribution < 1.29 is 4.79 Å². The molecule has 0 atom stereocenters. The van der Waals surface area contributed by atoms with Gasteiger partial charge in [-0.15, -0.1) is 0 Å². The van der Waals surface area contributed by atoms with Gasteiger partial charge < -0.3 is 4.90 Å². The van der Waals surface area contributed by atoms with Gasteiger partial charge in [-0.1, -0.05) is 6.07 Å². The standard InChI is InChI=1S/C15H14N4O/c1-18(2)13-7-5-9-19-14(13)12(10-20)17-15(19)11-6-3-4-8-16-11/h3-10H,1-2H3. The molecule has 3 heterocycles. The fourth-order valence-corrected chi connectivity index (χ4v) is 2.27. The number of rotatable bonds is 3. The van der Waals surface area contributed by atoms with Crippen molar-refractivity contribution in [1.29, 1.82) is 0 Å². The van der Waals surface area contributed by atoms with Crippen LogP contribution in [0, 0.1) is 0 Å². The molecule has 0 aliphatic rings. The zero-order valence-corrected chi connectivity index (χ0v) is 11.3. The summed E-state index contributed by atoms with van der Waals surface area (Å²) in [6.07, 6.45) is 4.40. The zero-order chi connectivity index (χ0) is 14.1. The molecule has 3 aromatic heterocycles. The molecule has 0 N–H and O–H groups in total. The van der Waals surface area contributed by atoms with Gasteiger partial charge in [0.2, 0.25) is 0 Å². The summed E-state index contributed by atoms with van der Waals surface area (Å²) in [5.41, 5.74) is 2.92. The number of carbonyl (C=O) groups excluding carboxylic acids is 1. The normalized spacial score (nSPS) is 10.7. The van der Waals surface area contributed by atoms with Crippen molar-refractivity contribution in [1.82, 2.24) is 14.4 Å². The molecule has 0 aliphatic carbocycles. The fraction of sp³-hybridized carbons (Fsp3) is 0.133. The summed E-state index contributed by atoms with van der Waals surface area (Å²) in [6, 6.07) is 9.54. The van der Waals surface area contributed by atoms with Gasteiger partial charge in [-0.2, -0.15) is 0 Å². The van der Waals surface area contributed by atoms with E-state index < -0.39 is 0 Å². The number of aromatic nitrogens is 3. The highest BCUT2D eigenvalue weighted by molar-refractivity contribution is 5.92. The quantitative estimate of drug-likeness (QED) is 0.682. The van der Waals surface area contributed by atoms with E-state index in [-0.39, 0.29) is 0 Å². The van der Waals surface area contributed by atoms with Gasteiger partial charge >= 0.3 is 0 Å². The average Bonchev–Trinajstić information content (AvgIpc) is 2.86. The molecule has 100 valence electrons. The summed E-state index contributed by atoms with van der Waals surface area (Å²) < 4.78 is 1.90. The van der Waals surface area contributed by atoms with Crippen molar-refractivity contribution in [3.05, 3.63) is 48.4 Å². The highest BCUT2D eigenvalue weighted by Crippen LogP contribution is 2.27. The molecule has 0 spiro atoms. The second-order valence-electron chi connectivity index (χ2n) is 4.66. The van der Waals surface area contributed by atoms with Crippen LogP contribution in [0.2, 0.25) is 0 Å². The minimum Gasteiger partial charge on any atom is -0.376 e. The maximum Gasteiger partial charge on any atom is 0.170 e. The van der Waals surface area contributed by atoms with Gasteiger partial charge in [-0.3, -0.25) is 14.2 Å². The van der Waals surface area contributed by atoms with E-state index in [1.807, 2.05) is 59.9 Å². The molecule has 0 fully saturated rings. The first-order valence-corrected chi connectivity index (χ1v) is 6.27. The zero-order valence-electron chi connectivity index (χ0n) is 11.3. The Balaban J connectivity index is 2.36. The number of fused-ring (bicyclic) bond motifs is 1. The third kappa shape index (κ3) is 1.84. The van der Waals surface area contributed by atoms with E-state index >= 15 is 0 Å². The minimum absolute atomic E-state index is 0.426. The van der Waals surface area contributed by atoms with Crippen LogP contribution in [0.5, 0.6) is 0 Å². The number of pyridine rings is 2. The largest absolute Gasteiger partial charge is 0.376 e. The summed E-state index contributed by atoms with van der Waals surface area (Å²) in [6.45, 7) is 0. The van der Waals surface area contributed by atoms with Crippen LogP contribution >= 0.6 is 0 Å². The molecule has 0 aliphatic heterocycles. The smallest absolute Gasteiger partial charge is 0.170 e. The maximum absolute atomic E-state index is 11.3. The Hall–Kier alpha value is -2.69. The van der Waals surface area contributed by atoms with Crippen molar-refractivity contribution in [2.75, 3.05) is 19.0 Å². The van der Waals surface area contributed by atoms with E-state index in [0.717, 1.165) is 23.2 Å². The SMILES string of the molecule is CN(C)c1cccn2c(-c3ccccn3)nc(C=O)c12. The minimum atomic E-state index is 0.426. The first-order chi connectivity index (χ1) is 9.72. The van der Waals surface area contributed by atoms with E-state index in [0.29, 0.717) is 11.5 Å². The molecule has 5 nitrogen and oxygen atoms in total. The predicted molar refractivity (Wildman–Crippen MR) is 78.1 cm³/mol. The number of hydrogen-bond acceptors (Lipinski definition) is 4. The van der Waals surface area contributed by atoms with Crippen LogP contribution in [0.25, 0.3) is 17.0 Å². The van der Waals surface area contributed by atoms with Gasteiger partial charge in [-0.05, 0) is 24.3 Å². The lowest BCUT2D eigenvalue weighted by atomic mass is 10.3. The molecular formula is C15H14N4O. The number of aldehydes is 1. The molecule has 0 bridgehead atoms. The lowest BCUT2D eigenvalue weighted by molar-refractivity contribution is 0.112. The molecule has 20 heavy (non-hydrogen) atoms. The van der Waals surface area contributed by atoms with Crippen molar-refractivity contribution in [2.45, 2.75) is 0 Å². The van der Waals surface area contributed by atoms with Crippen LogP contribution in [-0.4, -0.2) is 34.8 Å². The van der Waals surface area contributed by atoms with Gasteiger partial charge in [0.25, 0.3) is 0 Å². The Kier molecular flexibility index (Phi) is 2.95. The number of nitrogens with zero attached hydrogens (tertiary/aromatic N) is 4. The van der Waals surface area contributed by atoms with E-state index in [2.05, 4.69) is 9.97 Å². The Morgan fingerprint density at radius 2 is 2.05 bits per heavy atom. The van der Waals surface area contributed by atoms with Gasteiger partial charge in [0.05, 0.1) is 11.2 Å². The molecule has 0 aromatic carbocycles. The summed E-state index contributed by atoms with van der Waals surface area (Å²) in [5.74, 6) is 0.673. The van der Waals surface area contributed by atoms with Gasteiger partial charge in [0, 0.05) is 26.5 Å². The van der Waals surface area contributed by atoms with Crippen molar-refractivity contribution in [3.63, 3.8) is 0 Å². The molecule has 0 saturated heterocycles. The Morgan fingerprint density at radius 1 is 1.20 bits per heavy atom. The molecule has 0 amide bonds. The lowest BCUT2D eigenvalue weighted by Gasteiger charge is -2.14. The molecule has 3 rings (SSSR count). The van der Waals surface area contributed by atoms with E-state index in [1.54, 1.807) is 6.20 Å². The topological polar surface area (TPSA) is 50.5 Å². The second kappa shape index (κ2) is 4.77. The molecule has 3 aromatic rings. The van der Waals surface area contributed by atoms with Crippen LogP contribution in [0.4, 0.5) is 5.69 Å². The number of imidazole rings is 1. The summed E-state index contributed by atoms with van der Waals surface area (Å²) in [4.78, 5) is 22.0. The predicted octanol–water partition coefficient (Wildman–Crippen LogP) is 2.27. The van der Waals surface area contributed by atoms with Crippen LogP contribution < -0.4 is 4.90 Å². The first-order valence-electron chi connectivity index (χ1n) is 6.27. The van der Waals surface area contributed by atoms with Crippen LogP contribution in [0.1, 0.15) is 10.5 Å². The number of hydrogen-bond donors (Lipinski definition) is 0. The highest BCUT2D eigenvalue weighted by Gasteiger charge is 2.16. The van der Waals surface area contributed by atoms with Gasteiger partial charge in [0.15, 0.2) is 12.1 Å². The molecule has 0 unspecified atom stereocenters. The summed E-state index contributed by atoms with van der Waals surface area (Å²) in [5, 5.41) is 0. The van der Waals surface area contributed by atoms with Crippen LogP contribution in [0.15, 0.2) is 42.7 Å². The third-order valence-corrected chi connectivity index (χ3v) is 3.16. The third-order valence-electron chi connectivity index (χ3n) is 3.16. The first kappa shape index (κ1) is 12.3. The number of anilines is 1. The molecular weight excluding hydrogens is 252 g/mol. The Labute approximate surface area is 116 Å². The molecule has 5 heteroatoms. The number of carbonyl (C=O) groups is 1. The fourth-order valence-electron chi connectivity index (χ4n) is 2.27. The van der Waals surface area contributed by atoms with Crippen LogP contribution in [0.3, 0.4) is 0 Å². The lowest BCUT2D eigenvalue weighted by Crippen LogP contribution is -2.10. The van der Waals surface area contributed by atoms with Crippen LogP contribution in [-0.2, 0) is 0 Å². The van der Waals surface area contributed by atoms with E-state index in [4.69, 9.17) is 0 Å². The molecule has 0 radical (unpaired) electrons. The maximum atomic E-state index is 11.3. The summed E-state index contributed by atoms with van der Waals surface area (Å²) >= 11 is 0. The van der Waals surface area contributed by atoms with E-state index in [9.17, 15) is 4.79 Å². The highest BCUT2D eigenvalue weighted by atomic mass is 16.1. The van der Waals surface area contributed by atoms with Crippen molar-refractivity contribution >= 4 is 17.5 Å². The van der Waals surface area contributed by atoms with E-state index in [1.165, 1.54) is 0 Å². The average molecular weight is 266 g/mol.